The van der Waals surface area contributed by atoms with Crippen molar-refractivity contribution in [2.45, 2.75) is 25.9 Å². The summed E-state index contributed by atoms with van der Waals surface area (Å²) >= 11 is 0. The van der Waals surface area contributed by atoms with Crippen LogP contribution in [0.2, 0.25) is 0 Å². The minimum atomic E-state index is -5.98. The van der Waals surface area contributed by atoms with Gasteiger partial charge in [0.25, 0.3) is 0 Å². The number of alkyl halides is 5. The third-order valence-corrected chi connectivity index (χ3v) is 1.76. The van der Waals surface area contributed by atoms with E-state index in [-0.39, 0.29) is 12.5 Å². The van der Waals surface area contributed by atoms with Crippen molar-refractivity contribution in [3.8, 4) is 0 Å². The Hall–Kier alpha value is -1.41. The Balaban J connectivity index is 4.23. The summed E-state index contributed by atoms with van der Waals surface area (Å²) < 4.78 is 60.1. The summed E-state index contributed by atoms with van der Waals surface area (Å²) in [7, 11) is 0. The normalized spacial score (nSPS) is 12.4. The van der Waals surface area contributed by atoms with Gasteiger partial charge in [-0.2, -0.15) is 22.0 Å². The Morgan fingerprint density at radius 1 is 1.06 bits per heavy atom. The smallest absolute Gasteiger partial charge is 0.354 e. The van der Waals surface area contributed by atoms with E-state index in [0.29, 0.717) is 0 Å². The molecule has 0 saturated carbocycles. The molecule has 18 heavy (non-hydrogen) atoms. The van der Waals surface area contributed by atoms with Gasteiger partial charge in [-0.15, -0.1) is 0 Å². The van der Waals surface area contributed by atoms with E-state index in [2.05, 4.69) is 5.32 Å². The average Bonchev–Trinajstić information content (AvgIpc) is 2.21. The Bertz CT molecular complexity index is 315. The average molecular weight is 276 g/mol. The highest BCUT2D eigenvalue weighted by Gasteiger charge is 2.63. The van der Waals surface area contributed by atoms with Gasteiger partial charge in [0.05, 0.1) is 6.54 Å². The van der Waals surface area contributed by atoms with Crippen molar-refractivity contribution in [3.63, 3.8) is 0 Å². The van der Waals surface area contributed by atoms with Gasteiger partial charge in [-0.25, -0.2) is 0 Å². The minimum Gasteiger partial charge on any atom is -0.354 e. The maximum Gasteiger partial charge on any atom is 0.463 e. The molecule has 4 nitrogen and oxygen atoms in total. The van der Waals surface area contributed by atoms with Crippen molar-refractivity contribution < 1.29 is 31.5 Å². The molecular weight excluding hydrogens is 263 g/mol. The van der Waals surface area contributed by atoms with Crippen molar-refractivity contribution in [1.82, 2.24) is 10.6 Å². The van der Waals surface area contributed by atoms with E-state index >= 15 is 0 Å². The molecule has 9 heteroatoms. The van der Waals surface area contributed by atoms with E-state index in [4.69, 9.17) is 0 Å². The first kappa shape index (κ1) is 16.6. The number of nitrogens with one attached hydrogen (secondary N) is 2. The monoisotopic (exact) mass is 276 g/mol. The third-order valence-electron chi connectivity index (χ3n) is 1.76. The molecule has 0 aliphatic heterocycles. The second-order valence-corrected chi connectivity index (χ2v) is 3.95. The first-order valence-electron chi connectivity index (χ1n) is 4.98. The van der Waals surface area contributed by atoms with Crippen LogP contribution in [0.4, 0.5) is 22.0 Å². The lowest BCUT2D eigenvalue weighted by Gasteiger charge is -2.18. The van der Waals surface area contributed by atoms with Crippen molar-refractivity contribution in [3.05, 3.63) is 0 Å². The van der Waals surface area contributed by atoms with Gasteiger partial charge in [0.2, 0.25) is 5.91 Å². The molecule has 0 radical (unpaired) electrons. The van der Waals surface area contributed by atoms with Crippen LogP contribution in [0, 0.1) is 5.92 Å². The largest absolute Gasteiger partial charge is 0.463 e. The molecule has 0 aliphatic rings. The quantitative estimate of drug-likeness (QED) is 0.738. The van der Waals surface area contributed by atoms with Crippen LogP contribution in [0.5, 0.6) is 0 Å². The van der Waals surface area contributed by atoms with Crippen LogP contribution < -0.4 is 10.6 Å². The molecule has 0 aliphatic carbocycles. The number of hydrogen-bond acceptors (Lipinski definition) is 2. The van der Waals surface area contributed by atoms with E-state index in [9.17, 15) is 31.5 Å². The molecule has 0 rings (SSSR count). The van der Waals surface area contributed by atoms with Crippen molar-refractivity contribution >= 4 is 11.8 Å². The van der Waals surface area contributed by atoms with Crippen molar-refractivity contribution in [2.75, 3.05) is 13.1 Å². The van der Waals surface area contributed by atoms with Gasteiger partial charge < -0.3 is 10.6 Å². The molecule has 106 valence electrons. The zero-order valence-corrected chi connectivity index (χ0v) is 9.70. The van der Waals surface area contributed by atoms with E-state index in [1.165, 1.54) is 5.32 Å². The molecule has 0 spiro atoms. The van der Waals surface area contributed by atoms with Gasteiger partial charge in [-0.3, -0.25) is 9.59 Å². The summed E-state index contributed by atoms with van der Waals surface area (Å²) in [4.78, 5) is 21.6. The molecular formula is C9H13F5N2O2. The summed E-state index contributed by atoms with van der Waals surface area (Å²) in [5.41, 5.74) is 0. The molecule has 0 saturated heterocycles. The van der Waals surface area contributed by atoms with Gasteiger partial charge in [0, 0.05) is 6.54 Å². The van der Waals surface area contributed by atoms with Crippen LogP contribution in [0.1, 0.15) is 13.8 Å². The fourth-order valence-corrected chi connectivity index (χ4v) is 0.781. The van der Waals surface area contributed by atoms with E-state index in [0.717, 1.165) is 0 Å². The van der Waals surface area contributed by atoms with Gasteiger partial charge in [0.1, 0.15) is 0 Å². The van der Waals surface area contributed by atoms with Crippen LogP contribution in [0.25, 0.3) is 0 Å². The molecule has 0 aromatic carbocycles. The number of carbonyl (C=O) groups is 2. The number of carbonyl (C=O) groups excluding carboxylic acids is 2. The van der Waals surface area contributed by atoms with Crippen LogP contribution in [-0.2, 0) is 9.59 Å². The molecule has 0 bridgehead atoms. The number of rotatable bonds is 5. The number of hydrogen-bond donors (Lipinski definition) is 2. The maximum absolute atomic E-state index is 12.4. The molecule has 0 fully saturated rings. The highest BCUT2D eigenvalue weighted by atomic mass is 19.4. The van der Waals surface area contributed by atoms with Crippen LogP contribution >= 0.6 is 0 Å². The highest BCUT2D eigenvalue weighted by Crippen LogP contribution is 2.35. The van der Waals surface area contributed by atoms with Crippen LogP contribution in [0.15, 0.2) is 0 Å². The van der Waals surface area contributed by atoms with Crippen LogP contribution in [-0.4, -0.2) is 37.0 Å². The van der Waals surface area contributed by atoms with E-state index in [1.54, 1.807) is 13.8 Å². The maximum atomic E-state index is 12.4. The van der Waals surface area contributed by atoms with Crippen molar-refractivity contribution in [2.24, 2.45) is 5.92 Å². The molecule has 0 unspecified atom stereocenters. The fourth-order valence-electron chi connectivity index (χ4n) is 0.781. The number of amides is 2. The highest BCUT2D eigenvalue weighted by molar-refractivity contribution is 5.88. The first-order valence-corrected chi connectivity index (χ1v) is 4.98. The Morgan fingerprint density at radius 2 is 1.56 bits per heavy atom. The molecule has 0 heterocycles. The Morgan fingerprint density at radius 3 is 1.94 bits per heavy atom. The molecule has 2 amide bonds. The van der Waals surface area contributed by atoms with Gasteiger partial charge >= 0.3 is 18.0 Å². The second kappa shape index (κ2) is 5.96. The van der Waals surface area contributed by atoms with Crippen LogP contribution in [0.3, 0.4) is 0 Å². The van der Waals surface area contributed by atoms with Gasteiger partial charge in [0.15, 0.2) is 0 Å². The first-order chi connectivity index (χ1) is 7.98. The summed E-state index contributed by atoms with van der Waals surface area (Å²) in [6.45, 7) is 2.81. The summed E-state index contributed by atoms with van der Waals surface area (Å²) in [6.07, 6.45) is -5.98. The third kappa shape index (κ3) is 4.84. The lowest BCUT2D eigenvalue weighted by molar-refractivity contribution is -0.269. The Labute approximate surface area is 99.9 Å². The van der Waals surface area contributed by atoms with Gasteiger partial charge in [-0.1, -0.05) is 13.8 Å². The SMILES string of the molecule is CC(C)CNC(=O)CNC(=O)C(F)(F)C(F)(F)F. The predicted molar refractivity (Wildman–Crippen MR) is 51.9 cm³/mol. The second-order valence-electron chi connectivity index (χ2n) is 3.95. The van der Waals surface area contributed by atoms with E-state index in [1.807, 2.05) is 0 Å². The molecule has 0 atom stereocenters. The van der Waals surface area contributed by atoms with Gasteiger partial charge in [-0.05, 0) is 5.92 Å². The molecule has 0 aromatic rings. The lowest BCUT2D eigenvalue weighted by Crippen LogP contribution is -2.52. The zero-order chi connectivity index (χ0) is 14.6. The summed E-state index contributed by atoms with van der Waals surface area (Å²) in [6, 6.07) is 0. The molecule has 0 aromatic heterocycles. The zero-order valence-electron chi connectivity index (χ0n) is 9.70. The predicted octanol–water partition coefficient (Wildman–Crippen LogP) is 1.07. The van der Waals surface area contributed by atoms with Crippen molar-refractivity contribution in [1.29, 1.82) is 0 Å². The van der Waals surface area contributed by atoms with E-state index < -0.39 is 30.5 Å². The topological polar surface area (TPSA) is 58.2 Å². The lowest BCUT2D eigenvalue weighted by atomic mass is 10.2. The summed E-state index contributed by atoms with van der Waals surface area (Å²) in [5, 5.41) is 3.48. The molecule has 2 N–H and O–H groups in total. The Kier molecular flexibility index (Phi) is 5.50. The number of halogens is 5. The standard InChI is InChI=1S/C9H13F5N2O2/c1-5(2)3-15-6(17)4-16-7(18)8(10,11)9(12,13)14/h5H,3-4H2,1-2H3,(H,15,17)(H,16,18). The summed E-state index contributed by atoms with van der Waals surface area (Å²) in [5.74, 6) is -8.81. The minimum absolute atomic E-state index is 0.0845. The fraction of sp³-hybridized carbons (Fsp3) is 0.778.